The lowest BCUT2D eigenvalue weighted by molar-refractivity contribution is 0.350. The number of nitrogens with zero attached hydrogens (tertiary/aromatic N) is 2. The zero-order valence-electron chi connectivity index (χ0n) is 12.8. The smallest absolute Gasteiger partial charge is 0.228 e. The first-order valence-corrected chi connectivity index (χ1v) is 7.84. The van der Waals surface area contributed by atoms with Crippen LogP contribution < -0.4 is 5.32 Å². The third kappa shape index (κ3) is 2.86. The molecule has 0 spiro atoms. The molecule has 3 rings (SSSR count). The maximum Gasteiger partial charge on any atom is 0.228 e. The summed E-state index contributed by atoms with van der Waals surface area (Å²) in [5.41, 5.74) is 1.30. The van der Waals surface area contributed by atoms with Crippen LogP contribution in [-0.2, 0) is 11.8 Å². The molecule has 1 unspecified atom stereocenters. The summed E-state index contributed by atoms with van der Waals surface area (Å²) in [7, 11) is 1.99. The summed E-state index contributed by atoms with van der Waals surface area (Å²) in [4.78, 5) is 4.67. The third-order valence-electron chi connectivity index (χ3n) is 4.44. The summed E-state index contributed by atoms with van der Waals surface area (Å²) >= 11 is 0. The highest BCUT2D eigenvalue weighted by Gasteiger charge is 2.49. The highest BCUT2D eigenvalue weighted by molar-refractivity contribution is 5.38. The van der Waals surface area contributed by atoms with Gasteiger partial charge in [-0.3, -0.25) is 0 Å². The van der Waals surface area contributed by atoms with Crippen molar-refractivity contribution in [3.63, 3.8) is 0 Å². The SMILES string of the molecule is CCCC(Cc1nc(C2(c3ccccc3)CC2)no1)NC. The van der Waals surface area contributed by atoms with Gasteiger partial charge in [0, 0.05) is 12.5 Å². The molecule has 0 aliphatic heterocycles. The van der Waals surface area contributed by atoms with Crippen molar-refractivity contribution in [2.24, 2.45) is 0 Å². The summed E-state index contributed by atoms with van der Waals surface area (Å²) in [6, 6.07) is 10.9. The summed E-state index contributed by atoms with van der Waals surface area (Å²) in [5.74, 6) is 1.61. The van der Waals surface area contributed by atoms with Crippen molar-refractivity contribution in [3.8, 4) is 0 Å². The average molecular weight is 285 g/mol. The average Bonchev–Trinajstić information content (AvgIpc) is 3.21. The molecule has 0 radical (unpaired) electrons. The number of benzene rings is 1. The normalized spacial score (nSPS) is 17.6. The second-order valence-corrected chi connectivity index (χ2v) is 5.94. The molecule has 1 aliphatic rings. The number of likely N-dealkylation sites (N-methyl/N-ethyl adjacent to an activating group) is 1. The van der Waals surface area contributed by atoms with Gasteiger partial charge in [0.05, 0.1) is 5.41 Å². The molecule has 1 atom stereocenters. The number of hydrogen-bond acceptors (Lipinski definition) is 4. The Morgan fingerprint density at radius 1 is 1.29 bits per heavy atom. The van der Waals surface area contributed by atoms with E-state index in [2.05, 4.69) is 46.6 Å². The van der Waals surface area contributed by atoms with E-state index in [0.29, 0.717) is 6.04 Å². The van der Waals surface area contributed by atoms with Crippen molar-refractivity contribution in [1.29, 1.82) is 0 Å². The van der Waals surface area contributed by atoms with Gasteiger partial charge in [-0.1, -0.05) is 48.8 Å². The first-order valence-electron chi connectivity index (χ1n) is 7.84. The van der Waals surface area contributed by atoms with Gasteiger partial charge in [0.25, 0.3) is 0 Å². The molecule has 0 amide bonds. The molecular formula is C17H23N3O. The molecule has 0 saturated heterocycles. The molecule has 1 aromatic heterocycles. The number of nitrogens with one attached hydrogen (secondary N) is 1. The lowest BCUT2D eigenvalue weighted by Gasteiger charge is -2.12. The van der Waals surface area contributed by atoms with Gasteiger partial charge in [-0.25, -0.2) is 0 Å². The van der Waals surface area contributed by atoms with Crippen molar-refractivity contribution < 1.29 is 4.52 Å². The third-order valence-corrected chi connectivity index (χ3v) is 4.44. The van der Waals surface area contributed by atoms with Crippen LogP contribution in [0.5, 0.6) is 0 Å². The maximum atomic E-state index is 5.49. The van der Waals surface area contributed by atoms with Crippen molar-refractivity contribution in [2.75, 3.05) is 7.05 Å². The number of rotatable bonds is 7. The minimum atomic E-state index is 0.00288. The molecule has 1 N–H and O–H groups in total. The van der Waals surface area contributed by atoms with E-state index in [0.717, 1.165) is 43.8 Å². The molecule has 4 nitrogen and oxygen atoms in total. The highest BCUT2D eigenvalue weighted by atomic mass is 16.5. The van der Waals surface area contributed by atoms with E-state index in [1.54, 1.807) is 0 Å². The van der Waals surface area contributed by atoms with E-state index >= 15 is 0 Å². The van der Waals surface area contributed by atoms with Gasteiger partial charge in [-0.2, -0.15) is 4.98 Å². The number of hydrogen-bond donors (Lipinski definition) is 1. The van der Waals surface area contributed by atoms with Crippen LogP contribution in [0.4, 0.5) is 0 Å². The Bertz CT molecular complexity index is 575. The molecule has 2 aromatic rings. The van der Waals surface area contributed by atoms with Crippen LogP contribution in [-0.4, -0.2) is 23.2 Å². The second-order valence-electron chi connectivity index (χ2n) is 5.94. The Labute approximate surface area is 126 Å². The number of aromatic nitrogens is 2. The van der Waals surface area contributed by atoms with Crippen molar-refractivity contribution in [2.45, 2.75) is 50.5 Å². The molecular weight excluding hydrogens is 262 g/mol. The minimum absolute atomic E-state index is 0.00288. The van der Waals surface area contributed by atoms with Gasteiger partial charge in [0.1, 0.15) is 0 Å². The van der Waals surface area contributed by atoms with Gasteiger partial charge in [-0.05, 0) is 31.9 Å². The fraction of sp³-hybridized carbons (Fsp3) is 0.529. The molecule has 0 bridgehead atoms. The Kier molecular flexibility index (Phi) is 4.06. The highest BCUT2D eigenvalue weighted by Crippen LogP contribution is 2.52. The largest absolute Gasteiger partial charge is 0.339 e. The summed E-state index contributed by atoms with van der Waals surface area (Å²) in [5, 5.41) is 7.58. The molecule has 112 valence electrons. The monoisotopic (exact) mass is 285 g/mol. The zero-order chi connectivity index (χ0) is 14.7. The van der Waals surface area contributed by atoms with Gasteiger partial charge < -0.3 is 9.84 Å². The topological polar surface area (TPSA) is 51.0 Å². The first kappa shape index (κ1) is 14.3. The van der Waals surface area contributed by atoms with E-state index in [1.807, 2.05) is 13.1 Å². The van der Waals surface area contributed by atoms with Crippen LogP contribution in [0.3, 0.4) is 0 Å². The molecule has 1 aliphatic carbocycles. The van der Waals surface area contributed by atoms with Crippen LogP contribution in [0.15, 0.2) is 34.9 Å². The molecule has 1 aromatic carbocycles. The van der Waals surface area contributed by atoms with Crippen LogP contribution in [0, 0.1) is 0 Å². The van der Waals surface area contributed by atoms with Crippen LogP contribution in [0.2, 0.25) is 0 Å². The molecule has 21 heavy (non-hydrogen) atoms. The molecule has 1 saturated carbocycles. The molecule has 1 fully saturated rings. The first-order chi connectivity index (χ1) is 10.3. The van der Waals surface area contributed by atoms with E-state index in [9.17, 15) is 0 Å². The fourth-order valence-electron chi connectivity index (χ4n) is 2.96. The standard InChI is InChI=1S/C17H23N3O/c1-3-7-14(18-2)12-15-19-16(20-21-15)17(10-11-17)13-8-5-4-6-9-13/h4-6,8-9,14,18H,3,7,10-12H2,1-2H3. The summed E-state index contributed by atoms with van der Waals surface area (Å²) < 4.78 is 5.49. The van der Waals surface area contributed by atoms with Crippen LogP contribution in [0.25, 0.3) is 0 Å². The Morgan fingerprint density at radius 2 is 2.05 bits per heavy atom. The quantitative estimate of drug-likeness (QED) is 0.849. The van der Waals surface area contributed by atoms with E-state index in [4.69, 9.17) is 4.52 Å². The van der Waals surface area contributed by atoms with Gasteiger partial charge >= 0.3 is 0 Å². The van der Waals surface area contributed by atoms with Crippen molar-refractivity contribution >= 4 is 0 Å². The Morgan fingerprint density at radius 3 is 2.67 bits per heavy atom. The Hall–Kier alpha value is -1.68. The van der Waals surface area contributed by atoms with E-state index in [-0.39, 0.29) is 5.41 Å². The maximum absolute atomic E-state index is 5.49. The Balaban J connectivity index is 1.76. The molecule has 4 heteroatoms. The predicted molar refractivity (Wildman–Crippen MR) is 82.2 cm³/mol. The second kappa shape index (κ2) is 5.98. The summed E-state index contributed by atoms with van der Waals surface area (Å²) in [6.07, 6.45) is 5.31. The minimum Gasteiger partial charge on any atom is -0.339 e. The van der Waals surface area contributed by atoms with E-state index in [1.165, 1.54) is 5.56 Å². The van der Waals surface area contributed by atoms with Crippen LogP contribution >= 0.6 is 0 Å². The summed E-state index contributed by atoms with van der Waals surface area (Å²) in [6.45, 7) is 2.19. The lowest BCUT2D eigenvalue weighted by Crippen LogP contribution is -2.27. The zero-order valence-corrected chi connectivity index (χ0v) is 12.8. The molecule has 1 heterocycles. The van der Waals surface area contributed by atoms with Gasteiger partial charge in [0.2, 0.25) is 5.89 Å². The van der Waals surface area contributed by atoms with Crippen molar-refractivity contribution in [1.82, 2.24) is 15.5 Å². The fourth-order valence-corrected chi connectivity index (χ4v) is 2.96. The van der Waals surface area contributed by atoms with Gasteiger partial charge in [-0.15, -0.1) is 0 Å². The van der Waals surface area contributed by atoms with Crippen molar-refractivity contribution in [3.05, 3.63) is 47.6 Å². The predicted octanol–water partition coefficient (Wildman–Crippen LogP) is 3.08. The lowest BCUT2D eigenvalue weighted by atomic mass is 9.95. The van der Waals surface area contributed by atoms with Crippen LogP contribution in [0.1, 0.15) is 49.9 Å². The van der Waals surface area contributed by atoms with E-state index < -0.39 is 0 Å². The van der Waals surface area contributed by atoms with Gasteiger partial charge in [0.15, 0.2) is 5.82 Å².